The van der Waals surface area contributed by atoms with Gasteiger partial charge in [0.15, 0.2) is 0 Å². The monoisotopic (exact) mass is 218 g/mol. The average Bonchev–Trinajstić information content (AvgIpc) is 2.35. The molecule has 0 aliphatic carbocycles. The summed E-state index contributed by atoms with van der Waals surface area (Å²) in [5.74, 6) is 6.12. The summed E-state index contributed by atoms with van der Waals surface area (Å²) in [4.78, 5) is 0. The van der Waals surface area contributed by atoms with Gasteiger partial charge in [-0.05, 0) is 5.56 Å². The van der Waals surface area contributed by atoms with Crippen molar-refractivity contribution in [3.8, 4) is 11.8 Å². The van der Waals surface area contributed by atoms with E-state index in [1.165, 1.54) is 0 Å². The van der Waals surface area contributed by atoms with Gasteiger partial charge in [0.1, 0.15) is 0 Å². The van der Waals surface area contributed by atoms with Crippen LogP contribution in [0.15, 0.2) is 30.3 Å². The average molecular weight is 218 g/mol. The standard InChI is InChI=1S/C14H18O2/c1-2-3-5-10-14(16-12-11-15)13-8-6-4-7-9-13/h4,6-9,14-15H,2,10-12H2,1H3. The van der Waals surface area contributed by atoms with Crippen molar-refractivity contribution in [2.45, 2.75) is 25.9 Å². The van der Waals surface area contributed by atoms with E-state index in [0.717, 1.165) is 12.0 Å². The van der Waals surface area contributed by atoms with Crippen molar-refractivity contribution >= 4 is 0 Å². The Hall–Kier alpha value is -1.30. The molecule has 0 fully saturated rings. The summed E-state index contributed by atoms with van der Waals surface area (Å²) < 4.78 is 5.57. The normalized spacial score (nSPS) is 11.6. The molecule has 0 heterocycles. The predicted molar refractivity (Wildman–Crippen MR) is 64.9 cm³/mol. The lowest BCUT2D eigenvalue weighted by molar-refractivity contribution is 0.0307. The molecule has 0 aliphatic heterocycles. The number of hydrogen-bond acceptors (Lipinski definition) is 2. The van der Waals surface area contributed by atoms with E-state index in [0.29, 0.717) is 13.0 Å². The Bertz CT molecular complexity index is 335. The molecule has 0 aliphatic rings. The highest BCUT2D eigenvalue weighted by Crippen LogP contribution is 2.20. The first kappa shape index (κ1) is 12.8. The number of benzene rings is 1. The SMILES string of the molecule is CCC#CCC(OCCO)c1ccccc1. The summed E-state index contributed by atoms with van der Waals surface area (Å²) >= 11 is 0. The molecule has 0 amide bonds. The van der Waals surface area contributed by atoms with E-state index in [-0.39, 0.29) is 12.7 Å². The zero-order valence-corrected chi connectivity index (χ0v) is 9.65. The Morgan fingerprint density at radius 1 is 1.25 bits per heavy atom. The van der Waals surface area contributed by atoms with Gasteiger partial charge in [0.05, 0.1) is 19.3 Å². The van der Waals surface area contributed by atoms with Gasteiger partial charge in [-0.25, -0.2) is 0 Å². The molecule has 86 valence electrons. The van der Waals surface area contributed by atoms with E-state index in [1.54, 1.807) is 0 Å². The molecule has 2 heteroatoms. The van der Waals surface area contributed by atoms with E-state index < -0.39 is 0 Å². The third-order valence-corrected chi connectivity index (χ3v) is 2.17. The van der Waals surface area contributed by atoms with Gasteiger partial charge in [-0.2, -0.15) is 0 Å². The van der Waals surface area contributed by atoms with Crippen LogP contribution in [0.1, 0.15) is 31.4 Å². The molecule has 0 spiro atoms. The second-order valence-electron chi connectivity index (χ2n) is 3.40. The van der Waals surface area contributed by atoms with E-state index in [2.05, 4.69) is 11.8 Å². The first-order chi connectivity index (χ1) is 7.88. The molecule has 0 radical (unpaired) electrons. The van der Waals surface area contributed by atoms with Crippen LogP contribution in [0.4, 0.5) is 0 Å². The van der Waals surface area contributed by atoms with Crippen molar-refractivity contribution in [3.63, 3.8) is 0 Å². The van der Waals surface area contributed by atoms with Crippen molar-refractivity contribution in [2.24, 2.45) is 0 Å². The lowest BCUT2D eigenvalue weighted by Crippen LogP contribution is -2.07. The molecule has 1 rings (SSSR count). The van der Waals surface area contributed by atoms with Crippen LogP contribution in [-0.2, 0) is 4.74 Å². The van der Waals surface area contributed by atoms with Crippen LogP contribution in [-0.4, -0.2) is 18.3 Å². The van der Waals surface area contributed by atoms with Crippen LogP contribution in [0.5, 0.6) is 0 Å². The summed E-state index contributed by atoms with van der Waals surface area (Å²) in [5, 5.41) is 8.77. The van der Waals surface area contributed by atoms with Crippen molar-refractivity contribution in [3.05, 3.63) is 35.9 Å². The van der Waals surface area contributed by atoms with E-state index in [4.69, 9.17) is 9.84 Å². The van der Waals surface area contributed by atoms with E-state index in [9.17, 15) is 0 Å². The zero-order valence-electron chi connectivity index (χ0n) is 9.65. The van der Waals surface area contributed by atoms with Crippen molar-refractivity contribution in [2.75, 3.05) is 13.2 Å². The van der Waals surface area contributed by atoms with Crippen LogP contribution in [0.25, 0.3) is 0 Å². The quantitative estimate of drug-likeness (QED) is 0.770. The van der Waals surface area contributed by atoms with Crippen molar-refractivity contribution in [1.29, 1.82) is 0 Å². The second kappa shape index (κ2) is 7.92. The minimum atomic E-state index is -0.0348. The van der Waals surface area contributed by atoms with Crippen molar-refractivity contribution in [1.82, 2.24) is 0 Å². The fraction of sp³-hybridized carbons (Fsp3) is 0.429. The highest BCUT2D eigenvalue weighted by Gasteiger charge is 2.09. The fourth-order valence-corrected chi connectivity index (χ4v) is 1.43. The van der Waals surface area contributed by atoms with E-state index in [1.807, 2.05) is 37.3 Å². The smallest absolute Gasteiger partial charge is 0.0935 e. The maximum absolute atomic E-state index is 8.77. The number of ether oxygens (including phenoxy) is 1. The van der Waals surface area contributed by atoms with Gasteiger partial charge >= 0.3 is 0 Å². The Morgan fingerprint density at radius 3 is 2.62 bits per heavy atom. The minimum absolute atomic E-state index is 0.0348. The van der Waals surface area contributed by atoms with Crippen LogP contribution in [0, 0.1) is 11.8 Å². The van der Waals surface area contributed by atoms with Gasteiger partial charge in [-0.3, -0.25) is 0 Å². The van der Waals surface area contributed by atoms with Gasteiger partial charge in [0.25, 0.3) is 0 Å². The Labute approximate surface area is 97.3 Å². The van der Waals surface area contributed by atoms with Gasteiger partial charge in [0.2, 0.25) is 0 Å². The Kier molecular flexibility index (Phi) is 6.32. The maximum atomic E-state index is 8.77. The van der Waals surface area contributed by atoms with Gasteiger partial charge in [-0.15, -0.1) is 11.8 Å². The number of hydrogen-bond donors (Lipinski definition) is 1. The summed E-state index contributed by atoms with van der Waals surface area (Å²) in [6, 6.07) is 9.99. The van der Waals surface area contributed by atoms with E-state index >= 15 is 0 Å². The van der Waals surface area contributed by atoms with Crippen LogP contribution < -0.4 is 0 Å². The summed E-state index contributed by atoms with van der Waals surface area (Å²) in [6.45, 7) is 2.43. The molecular formula is C14H18O2. The molecule has 0 saturated carbocycles. The highest BCUT2D eigenvalue weighted by atomic mass is 16.5. The topological polar surface area (TPSA) is 29.5 Å². The summed E-state index contributed by atoms with van der Waals surface area (Å²) in [7, 11) is 0. The van der Waals surface area contributed by atoms with Crippen molar-refractivity contribution < 1.29 is 9.84 Å². The molecule has 16 heavy (non-hydrogen) atoms. The Balaban J connectivity index is 2.63. The number of aliphatic hydroxyl groups excluding tert-OH is 1. The zero-order chi connectivity index (χ0) is 11.6. The van der Waals surface area contributed by atoms with Crippen LogP contribution in [0.2, 0.25) is 0 Å². The molecule has 1 N–H and O–H groups in total. The maximum Gasteiger partial charge on any atom is 0.0935 e. The molecule has 1 aromatic carbocycles. The molecule has 0 saturated heterocycles. The highest BCUT2D eigenvalue weighted by molar-refractivity contribution is 5.19. The summed E-state index contributed by atoms with van der Waals surface area (Å²) in [5.41, 5.74) is 1.11. The predicted octanol–water partition coefficient (Wildman–Crippen LogP) is 2.54. The number of rotatable bonds is 5. The first-order valence-electron chi connectivity index (χ1n) is 5.61. The first-order valence-corrected chi connectivity index (χ1v) is 5.61. The molecule has 1 unspecified atom stereocenters. The molecular weight excluding hydrogens is 200 g/mol. The van der Waals surface area contributed by atoms with Gasteiger partial charge in [0, 0.05) is 12.8 Å². The van der Waals surface area contributed by atoms with Crippen LogP contribution >= 0.6 is 0 Å². The number of aliphatic hydroxyl groups is 1. The molecule has 1 aromatic rings. The lowest BCUT2D eigenvalue weighted by atomic mass is 10.1. The molecule has 2 nitrogen and oxygen atoms in total. The largest absolute Gasteiger partial charge is 0.394 e. The minimum Gasteiger partial charge on any atom is -0.394 e. The molecule has 0 aromatic heterocycles. The van der Waals surface area contributed by atoms with Gasteiger partial charge < -0.3 is 9.84 Å². The third-order valence-electron chi connectivity index (χ3n) is 2.17. The molecule has 1 atom stereocenters. The second-order valence-corrected chi connectivity index (χ2v) is 3.40. The molecule has 0 bridgehead atoms. The Morgan fingerprint density at radius 2 is 2.00 bits per heavy atom. The van der Waals surface area contributed by atoms with Gasteiger partial charge in [-0.1, -0.05) is 37.3 Å². The van der Waals surface area contributed by atoms with Crippen LogP contribution in [0.3, 0.4) is 0 Å². The third kappa shape index (κ3) is 4.48. The lowest BCUT2D eigenvalue weighted by Gasteiger charge is -2.15. The fourth-order valence-electron chi connectivity index (χ4n) is 1.43. The summed E-state index contributed by atoms with van der Waals surface area (Å²) in [6.07, 6.45) is 1.51.